The number of anilines is 2. The topological polar surface area (TPSA) is 137 Å². The first-order valence-electron chi connectivity index (χ1n) is 12.9. The van der Waals surface area contributed by atoms with Crippen molar-refractivity contribution in [3.05, 3.63) is 70.2 Å². The minimum absolute atomic E-state index is 0.201. The van der Waals surface area contributed by atoms with Gasteiger partial charge in [0.05, 0.1) is 28.2 Å². The van der Waals surface area contributed by atoms with E-state index in [0.29, 0.717) is 52.2 Å². The molecule has 7 rings (SSSR count). The van der Waals surface area contributed by atoms with Crippen LogP contribution < -0.4 is 25.0 Å². The van der Waals surface area contributed by atoms with E-state index in [-0.39, 0.29) is 17.9 Å². The molecule has 4 atom stereocenters. The summed E-state index contributed by atoms with van der Waals surface area (Å²) in [6.45, 7) is 2.58. The van der Waals surface area contributed by atoms with Crippen molar-refractivity contribution in [2.24, 2.45) is 11.8 Å². The van der Waals surface area contributed by atoms with Gasteiger partial charge in [-0.2, -0.15) is 0 Å². The average Bonchev–Trinajstić information content (AvgIpc) is 3.50. The van der Waals surface area contributed by atoms with Gasteiger partial charge in [0.2, 0.25) is 17.7 Å². The highest BCUT2D eigenvalue weighted by Crippen LogP contribution is 2.55. The van der Waals surface area contributed by atoms with E-state index in [1.54, 1.807) is 30.3 Å². The zero-order valence-corrected chi connectivity index (χ0v) is 22.0. The molecule has 204 valence electrons. The van der Waals surface area contributed by atoms with E-state index in [1.165, 1.54) is 12.1 Å². The Bertz CT molecular complexity index is 1640. The summed E-state index contributed by atoms with van der Waals surface area (Å²) in [5.74, 6) is -3.05. The maximum atomic E-state index is 14.3. The second-order valence-electron chi connectivity index (χ2n) is 10.6. The van der Waals surface area contributed by atoms with E-state index in [9.17, 15) is 24.6 Å². The first kappa shape index (κ1) is 24.7. The van der Waals surface area contributed by atoms with E-state index in [4.69, 9.17) is 21.1 Å². The fourth-order valence-electron chi connectivity index (χ4n) is 6.54. The molecule has 4 aliphatic rings. The molecule has 11 heteroatoms. The molecule has 0 aliphatic carbocycles. The summed E-state index contributed by atoms with van der Waals surface area (Å²) in [7, 11) is 0. The molecule has 40 heavy (non-hydrogen) atoms. The molecular weight excluding hydrogens is 538 g/mol. The minimum Gasteiger partial charge on any atom is -0.504 e. The number of phenols is 2. The number of phenolic OH excluding ortho intramolecular Hbond substituents is 2. The molecule has 0 aromatic heterocycles. The van der Waals surface area contributed by atoms with Gasteiger partial charge in [-0.15, -0.1) is 0 Å². The van der Waals surface area contributed by atoms with Crippen LogP contribution in [0.2, 0.25) is 5.02 Å². The number of aryl methyl sites for hydroxylation is 1. The lowest BCUT2D eigenvalue weighted by Crippen LogP contribution is -2.53. The van der Waals surface area contributed by atoms with Crippen molar-refractivity contribution in [3.63, 3.8) is 0 Å². The van der Waals surface area contributed by atoms with E-state index in [1.807, 2.05) is 13.0 Å². The Morgan fingerprint density at radius 3 is 2.52 bits per heavy atom. The van der Waals surface area contributed by atoms with Crippen molar-refractivity contribution in [1.29, 1.82) is 0 Å². The number of hydrogen-bond acceptors (Lipinski definition) is 8. The summed E-state index contributed by atoms with van der Waals surface area (Å²) in [6.07, 6.45) is 0.201. The van der Waals surface area contributed by atoms with Gasteiger partial charge >= 0.3 is 0 Å². The molecule has 4 aliphatic heterocycles. The lowest BCUT2D eigenvalue weighted by atomic mass is 9.76. The first-order chi connectivity index (χ1) is 19.2. The fourth-order valence-corrected chi connectivity index (χ4v) is 6.87. The Morgan fingerprint density at radius 2 is 1.75 bits per heavy atom. The largest absolute Gasteiger partial charge is 0.504 e. The van der Waals surface area contributed by atoms with Crippen LogP contribution in [0.15, 0.2) is 48.5 Å². The number of halogens is 1. The highest BCUT2D eigenvalue weighted by atomic mass is 35.5. The number of imide groups is 1. The van der Waals surface area contributed by atoms with Crippen LogP contribution in [0.25, 0.3) is 0 Å². The van der Waals surface area contributed by atoms with E-state index < -0.39 is 41.1 Å². The molecule has 10 nitrogen and oxygen atoms in total. The summed E-state index contributed by atoms with van der Waals surface area (Å²) in [4.78, 5) is 43.3. The third-order valence-electron chi connectivity index (χ3n) is 8.20. The molecule has 0 bridgehead atoms. The van der Waals surface area contributed by atoms with Gasteiger partial charge in [0.25, 0.3) is 0 Å². The predicted octanol–water partition coefficient (Wildman–Crippen LogP) is 3.00. The summed E-state index contributed by atoms with van der Waals surface area (Å²) in [5.41, 5.74) is 1.11. The van der Waals surface area contributed by atoms with Crippen LogP contribution in [-0.2, 0) is 26.3 Å². The summed E-state index contributed by atoms with van der Waals surface area (Å²) in [6, 6.07) is 12.1. The number of carbonyl (C=O) groups excluding carboxylic acids is 3. The van der Waals surface area contributed by atoms with Gasteiger partial charge in [-0.05, 0) is 54.8 Å². The normalized spacial score (nSPS) is 26.3. The maximum absolute atomic E-state index is 14.3. The lowest BCUT2D eigenvalue weighted by molar-refractivity contribution is -0.130. The van der Waals surface area contributed by atoms with Crippen molar-refractivity contribution in [1.82, 2.24) is 5.32 Å². The number of nitrogens with zero attached hydrogens (tertiary/aromatic N) is 1. The summed E-state index contributed by atoms with van der Waals surface area (Å²) >= 11 is 6.52. The molecule has 4 N–H and O–H groups in total. The van der Waals surface area contributed by atoms with E-state index >= 15 is 0 Å². The van der Waals surface area contributed by atoms with Crippen molar-refractivity contribution >= 4 is 40.7 Å². The van der Waals surface area contributed by atoms with Crippen LogP contribution >= 0.6 is 11.6 Å². The number of rotatable bonds is 3. The van der Waals surface area contributed by atoms with Crippen LogP contribution in [0.1, 0.15) is 16.7 Å². The van der Waals surface area contributed by atoms with Crippen LogP contribution in [0, 0.1) is 18.8 Å². The number of nitrogens with one attached hydrogen (secondary N) is 2. The smallest absolute Gasteiger partial charge is 0.250 e. The average molecular weight is 562 g/mol. The monoisotopic (exact) mass is 561 g/mol. The van der Waals surface area contributed by atoms with Crippen molar-refractivity contribution < 1.29 is 34.1 Å². The van der Waals surface area contributed by atoms with Gasteiger partial charge in [-0.25, -0.2) is 4.90 Å². The maximum Gasteiger partial charge on any atom is 0.250 e. The van der Waals surface area contributed by atoms with Gasteiger partial charge in [-0.3, -0.25) is 19.7 Å². The Morgan fingerprint density at radius 1 is 0.975 bits per heavy atom. The van der Waals surface area contributed by atoms with Crippen LogP contribution in [0.3, 0.4) is 0 Å². The molecule has 0 unspecified atom stereocenters. The quantitative estimate of drug-likeness (QED) is 0.283. The molecule has 2 fully saturated rings. The first-order valence-corrected chi connectivity index (χ1v) is 13.2. The van der Waals surface area contributed by atoms with E-state index in [2.05, 4.69) is 10.6 Å². The number of fused-ring (bicyclic) bond motifs is 5. The second-order valence-corrected chi connectivity index (χ2v) is 11.0. The number of aromatic hydroxyl groups is 2. The molecule has 3 aromatic rings. The Labute approximate surface area is 233 Å². The van der Waals surface area contributed by atoms with Crippen molar-refractivity contribution in [2.75, 3.05) is 23.4 Å². The van der Waals surface area contributed by atoms with Crippen LogP contribution in [0.4, 0.5) is 11.4 Å². The Kier molecular flexibility index (Phi) is 5.32. The second kappa shape index (κ2) is 8.61. The number of amides is 3. The SMILES string of the molecule is Cc1cc(Cl)c2c(c1)[C@]1(N[C@H](Cc3ccc(O)c(O)c3)[C@@H]3C(=O)N(c4ccc5c(c4)OCCO5)C(=O)[C@H]31)C(=O)N2. The molecular formula is C29H24ClN3O7. The van der Waals surface area contributed by atoms with Gasteiger partial charge < -0.3 is 25.0 Å². The number of benzene rings is 3. The standard InChI is InChI=1S/C29H24ClN3O7/c1-13-8-16-25(17(30)9-13)31-28(38)29(16)24-23(18(32-29)10-14-2-4-19(34)20(35)11-14)26(36)33(27(24)37)15-3-5-21-22(12-15)40-7-6-39-21/h2-5,8-9,11-12,18,23-24,32,34-35H,6-7,10H2,1H3,(H,31,38)/t18-,23+,24+,29-/m1/s1. The number of hydrogen-bond donors (Lipinski definition) is 4. The van der Waals surface area contributed by atoms with Crippen molar-refractivity contribution in [3.8, 4) is 23.0 Å². The van der Waals surface area contributed by atoms with Gasteiger partial charge in [-0.1, -0.05) is 23.7 Å². The molecule has 1 spiro atoms. The Balaban J connectivity index is 1.37. The van der Waals surface area contributed by atoms with Crippen LogP contribution in [-0.4, -0.2) is 47.2 Å². The summed E-state index contributed by atoms with van der Waals surface area (Å²) in [5, 5.41) is 26.4. The number of ether oxygens (including phenoxy) is 2. The predicted molar refractivity (Wildman–Crippen MR) is 144 cm³/mol. The summed E-state index contributed by atoms with van der Waals surface area (Å²) < 4.78 is 11.3. The van der Waals surface area contributed by atoms with Gasteiger partial charge in [0.1, 0.15) is 18.8 Å². The fraction of sp³-hybridized carbons (Fsp3) is 0.276. The van der Waals surface area contributed by atoms with E-state index in [0.717, 1.165) is 10.5 Å². The molecule has 3 amide bonds. The zero-order chi connectivity index (χ0) is 27.9. The molecule has 0 saturated carbocycles. The highest BCUT2D eigenvalue weighted by molar-refractivity contribution is 6.35. The lowest BCUT2D eigenvalue weighted by Gasteiger charge is -2.30. The molecule has 3 aromatic carbocycles. The van der Waals surface area contributed by atoms with Gasteiger partial charge in [0.15, 0.2) is 23.0 Å². The highest BCUT2D eigenvalue weighted by Gasteiger charge is 2.70. The molecule has 2 saturated heterocycles. The number of carbonyl (C=O) groups is 3. The van der Waals surface area contributed by atoms with Crippen LogP contribution in [0.5, 0.6) is 23.0 Å². The molecule has 0 radical (unpaired) electrons. The zero-order valence-electron chi connectivity index (χ0n) is 21.2. The third kappa shape index (κ3) is 3.36. The third-order valence-corrected chi connectivity index (χ3v) is 8.50. The van der Waals surface area contributed by atoms with Crippen molar-refractivity contribution in [2.45, 2.75) is 24.9 Å². The molecule has 4 heterocycles. The minimum atomic E-state index is -1.55. The van der Waals surface area contributed by atoms with Gasteiger partial charge in [0, 0.05) is 17.7 Å². The Hall–Kier alpha value is -4.28.